The summed E-state index contributed by atoms with van der Waals surface area (Å²) in [5.41, 5.74) is 3.58. The highest BCUT2D eigenvalue weighted by Gasteiger charge is 2.33. The van der Waals surface area contributed by atoms with Crippen molar-refractivity contribution in [3.63, 3.8) is 0 Å². The zero-order valence-electron chi connectivity index (χ0n) is 16.4. The van der Waals surface area contributed by atoms with Gasteiger partial charge in [0.05, 0.1) is 6.04 Å². The molecular weight excluding hydrogens is 384 g/mol. The Morgan fingerprint density at radius 3 is 2.62 bits per heavy atom. The Hall–Kier alpha value is -3.06. The van der Waals surface area contributed by atoms with Crippen LogP contribution in [0.1, 0.15) is 55.2 Å². The highest BCUT2D eigenvalue weighted by Crippen LogP contribution is 2.34. The van der Waals surface area contributed by atoms with Crippen LogP contribution in [-0.2, 0) is 0 Å². The summed E-state index contributed by atoms with van der Waals surface area (Å²) in [6.07, 6.45) is 1.73. The topological polar surface area (TPSA) is 75.2 Å². The number of nitrogens with one attached hydrogen (secondary N) is 1. The van der Waals surface area contributed by atoms with E-state index in [9.17, 15) is 9.59 Å². The number of hydrogen-bond acceptors (Lipinski definition) is 5. The van der Waals surface area contributed by atoms with E-state index < -0.39 is 0 Å². The first-order chi connectivity index (χ1) is 14.0. The van der Waals surface area contributed by atoms with Gasteiger partial charge in [-0.25, -0.2) is 0 Å². The minimum absolute atomic E-state index is 0.00273. The summed E-state index contributed by atoms with van der Waals surface area (Å²) >= 11 is 1.25. The van der Waals surface area contributed by atoms with E-state index in [1.165, 1.54) is 11.3 Å². The summed E-state index contributed by atoms with van der Waals surface area (Å²) in [4.78, 5) is 27.4. The fourth-order valence-corrected chi connectivity index (χ4v) is 4.38. The molecule has 1 aliphatic heterocycles. The number of likely N-dealkylation sites (tertiary alicyclic amines) is 1. The second-order valence-corrected chi connectivity index (χ2v) is 8.30. The van der Waals surface area contributed by atoms with Crippen molar-refractivity contribution in [2.24, 2.45) is 0 Å². The lowest BCUT2D eigenvalue weighted by molar-refractivity contribution is 0.0734. The van der Waals surface area contributed by atoms with Crippen LogP contribution in [0.4, 0.5) is 5.69 Å². The molecule has 2 amide bonds. The van der Waals surface area contributed by atoms with Gasteiger partial charge in [-0.05, 0) is 51.0 Å². The van der Waals surface area contributed by atoms with Gasteiger partial charge in [-0.1, -0.05) is 46.7 Å². The van der Waals surface area contributed by atoms with Crippen molar-refractivity contribution in [3.05, 3.63) is 75.2 Å². The third-order valence-corrected chi connectivity index (χ3v) is 6.03. The number of rotatable bonds is 4. The minimum atomic E-state index is -0.285. The van der Waals surface area contributed by atoms with Crippen molar-refractivity contribution in [2.75, 3.05) is 11.9 Å². The van der Waals surface area contributed by atoms with Crippen LogP contribution in [0.2, 0.25) is 0 Å². The smallest absolute Gasteiger partial charge is 0.286 e. The molecule has 1 atom stereocenters. The van der Waals surface area contributed by atoms with Crippen LogP contribution in [0.5, 0.6) is 0 Å². The molecule has 3 aromatic rings. The molecule has 29 heavy (non-hydrogen) atoms. The first-order valence-corrected chi connectivity index (χ1v) is 10.4. The van der Waals surface area contributed by atoms with Crippen LogP contribution in [-0.4, -0.2) is 33.5 Å². The highest BCUT2D eigenvalue weighted by molar-refractivity contribution is 7.13. The largest absolute Gasteiger partial charge is 0.329 e. The molecule has 1 fully saturated rings. The van der Waals surface area contributed by atoms with Gasteiger partial charge < -0.3 is 10.2 Å². The lowest BCUT2D eigenvalue weighted by Gasteiger charge is -2.23. The predicted molar refractivity (Wildman–Crippen MR) is 113 cm³/mol. The second-order valence-electron chi connectivity index (χ2n) is 7.29. The molecule has 1 aromatic heterocycles. The SMILES string of the molecule is Cc1ccc(NC(=O)c2nnc([C@H]3CCCN3C(=O)c3cccc(C)c3)s2)cc1. The molecule has 148 valence electrons. The number of carbonyl (C=O) groups is 2. The van der Waals surface area contributed by atoms with Gasteiger partial charge in [0.1, 0.15) is 5.01 Å². The normalized spacial score (nSPS) is 16.1. The molecule has 1 saturated heterocycles. The van der Waals surface area contributed by atoms with Gasteiger partial charge >= 0.3 is 0 Å². The number of aryl methyl sites for hydroxylation is 2. The van der Waals surface area contributed by atoms with Crippen LogP contribution in [0.15, 0.2) is 48.5 Å². The molecule has 7 heteroatoms. The minimum Gasteiger partial charge on any atom is -0.329 e. The van der Waals surface area contributed by atoms with Crippen LogP contribution < -0.4 is 5.32 Å². The summed E-state index contributed by atoms with van der Waals surface area (Å²) in [6, 6.07) is 15.1. The fraction of sp³-hybridized carbons (Fsp3) is 0.273. The highest BCUT2D eigenvalue weighted by atomic mass is 32.1. The molecule has 2 aromatic carbocycles. The number of anilines is 1. The van der Waals surface area contributed by atoms with Crippen molar-refractivity contribution in [3.8, 4) is 0 Å². The number of nitrogens with zero attached hydrogens (tertiary/aromatic N) is 3. The lowest BCUT2D eigenvalue weighted by atomic mass is 10.1. The quantitative estimate of drug-likeness (QED) is 0.697. The Labute approximate surface area is 173 Å². The van der Waals surface area contributed by atoms with Crippen molar-refractivity contribution >= 4 is 28.8 Å². The first-order valence-electron chi connectivity index (χ1n) is 9.60. The van der Waals surface area contributed by atoms with Crippen molar-refractivity contribution in [1.29, 1.82) is 0 Å². The Morgan fingerprint density at radius 2 is 1.86 bits per heavy atom. The molecular formula is C22H22N4O2S. The van der Waals surface area contributed by atoms with Gasteiger partial charge in [-0.2, -0.15) is 0 Å². The Bertz CT molecular complexity index is 1040. The van der Waals surface area contributed by atoms with Gasteiger partial charge in [0, 0.05) is 17.8 Å². The Balaban J connectivity index is 1.49. The van der Waals surface area contributed by atoms with E-state index in [1.54, 1.807) is 0 Å². The summed E-state index contributed by atoms with van der Waals surface area (Å²) < 4.78 is 0. The van der Waals surface area contributed by atoms with Crippen LogP contribution in [0.3, 0.4) is 0 Å². The summed E-state index contributed by atoms with van der Waals surface area (Å²) in [5, 5.41) is 12.2. The van der Waals surface area contributed by atoms with Crippen molar-refractivity contribution < 1.29 is 9.59 Å². The second kappa shape index (κ2) is 8.13. The maximum absolute atomic E-state index is 13.0. The van der Waals surface area contributed by atoms with Crippen LogP contribution >= 0.6 is 11.3 Å². The Kier molecular flexibility index (Phi) is 5.40. The average Bonchev–Trinajstić information content (AvgIpc) is 3.38. The van der Waals surface area contributed by atoms with Gasteiger partial charge in [0.25, 0.3) is 11.8 Å². The van der Waals surface area contributed by atoms with Crippen LogP contribution in [0, 0.1) is 13.8 Å². The number of carbonyl (C=O) groups excluding carboxylic acids is 2. The summed E-state index contributed by atoms with van der Waals surface area (Å²) in [6.45, 7) is 4.65. The summed E-state index contributed by atoms with van der Waals surface area (Å²) in [5.74, 6) is -0.288. The van der Waals surface area contributed by atoms with Gasteiger partial charge in [-0.3, -0.25) is 9.59 Å². The average molecular weight is 407 g/mol. The molecule has 2 heterocycles. The standard InChI is InChI=1S/C22H22N4O2S/c1-14-8-10-17(11-9-14)23-19(27)21-25-24-20(29-21)18-7-4-12-26(18)22(28)16-6-3-5-15(2)13-16/h3,5-6,8-11,13,18H,4,7,12H2,1-2H3,(H,23,27)/t18-/m1/s1. The maximum atomic E-state index is 13.0. The van der Waals surface area contributed by atoms with Crippen molar-refractivity contribution in [2.45, 2.75) is 32.7 Å². The van der Waals surface area contributed by atoms with E-state index in [1.807, 2.05) is 67.3 Å². The lowest BCUT2D eigenvalue weighted by Crippen LogP contribution is -2.30. The molecule has 0 saturated carbocycles. The monoisotopic (exact) mass is 406 g/mol. The summed E-state index contributed by atoms with van der Waals surface area (Å²) in [7, 11) is 0. The zero-order valence-corrected chi connectivity index (χ0v) is 17.2. The van der Waals surface area contributed by atoms with E-state index >= 15 is 0 Å². The Morgan fingerprint density at radius 1 is 1.07 bits per heavy atom. The van der Waals surface area contributed by atoms with E-state index in [0.29, 0.717) is 22.1 Å². The zero-order chi connectivity index (χ0) is 20.4. The van der Waals surface area contributed by atoms with Crippen molar-refractivity contribution in [1.82, 2.24) is 15.1 Å². The molecule has 0 unspecified atom stereocenters. The molecule has 0 aliphatic carbocycles. The third-order valence-electron chi connectivity index (χ3n) is 5.01. The van der Waals surface area contributed by atoms with E-state index in [2.05, 4.69) is 15.5 Å². The first kappa shape index (κ1) is 19.3. The number of aromatic nitrogens is 2. The maximum Gasteiger partial charge on any atom is 0.286 e. The predicted octanol–water partition coefficient (Wildman–Crippen LogP) is 4.38. The number of benzene rings is 2. The van der Waals surface area contributed by atoms with Gasteiger partial charge in [0.2, 0.25) is 5.01 Å². The van der Waals surface area contributed by atoms with E-state index in [-0.39, 0.29) is 17.9 Å². The molecule has 4 rings (SSSR count). The fourth-order valence-electron chi connectivity index (χ4n) is 3.49. The third kappa shape index (κ3) is 4.19. The van der Waals surface area contributed by atoms with Crippen LogP contribution in [0.25, 0.3) is 0 Å². The molecule has 0 spiro atoms. The molecule has 6 nitrogen and oxygen atoms in total. The van der Waals surface area contributed by atoms with E-state index in [0.717, 1.165) is 29.7 Å². The molecule has 0 radical (unpaired) electrons. The molecule has 1 N–H and O–H groups in total. The van der Waals surface area contributed by atoms with E-state index in [4.69, 9.17) is 0 Å². The molecule has 0 bridgehead atoms. The molecule has 1 aliphatic rings. The van der Waals surface area contributed by atoms with Gasteiger partial charge in [0.15, 0.2) is 0 Å². The van der Waals surface area contributed by atoms with Gasteiger partial charge in [-0.15, -0.1) is 10.2 Å². The number of amides is 2. The number of hydrogen-bond donors (Lipinski definition) is 1.